The standard InChI is InChI=1S/C17H16ClN5O/c18-13-3-1-11(2-4-13)9-14(19)17(24)21-16-10-15(22-23-16)12-5-7-20-8-6-12/h1-8,10,14H,9,19H2,(H2,21,22,23,24)/t14-/m0/s1. The average molecular weight is 342 g/mol. The van der Waals surface area contributed by atoms with Gasteiger partial charge in [0.2, 0.25) is 5.91 Å². The first-order chi connectivity index (χ1) is 11.6. The number of aromatic amines is 1. The van der Waals surface area contributed by atoms with Crippen molar-refractivity contribution in [2.75, 3.05) is 5.32 Å². The number of H-pyrrole nitrogens is 1. The summed E-state index contributed by atoms with van der Waals surface area (Å²) in [4.78, 5) is 16.2. The van der Waals surface area contributed by atoms with Gasteiger partial charge >= 0.3 is 0 Å². The van der Waals surface area contributed by atoms with Gasteiger partial charge in [-0.05, 0) is 36.2 Å². The number of carbonyl (C=O) groups excluding carboxylic acids is 1. The normalized spacial score (nSPS) is 11.9. The Morgan fingerprint density at radius 3 is 2.62 bits per heavy atom. The van der Waals surface area contributed by atoms with Gasteiger partial charge in [0, 0.05) is 29.0 Å². The lowest BCUT2D eigenvalue weighted by atomic mass is 10.1. The fourth-order valence-corrected chi connectivity index (χ4v) is 2.37. The SMILES string of the molecule is N[C@@H](Cc1ccc(Cl)cc1)C(=O)Nc1cc(-c2ccncc2)n[nH]1. The number of amides is 1. The number of hydrogen-bond acceptors (Lipinski definition) is 4. The molecule has 24 heavy (non-hydrogen) atoms. The highest BCUT2D eigenvalue weighted by atomic mass is 35.5. The van der Waals surface area contributed by atoms with Crippen LogP contribution in [0.2, 0.25) is 5.02 Å². The number of anilines is 1. The molecule has 4 N–H and O–H groups in total. The van der Waals surface area contributed by atoms with E-state index in [1.165, 1.54) is 0 Å². The van der Waals surface area contributed by atoms with Crippen molar-refractivity contribution in [1.82, 2.24) is 15.2 Å². The molecule has 1 atom stereocenters. The summed E-state index contributed by atoms with van der Waals surface area (Å²) < 4.78 is 0. The summed E-state index contributed by atoms with van der Waals surface area (Å²) in [6.45, 7) is 0. The number of pyridine rings is 1. The van der Waals surface area contributed by atoms with Crippen LogP contribution in [0, 0.1) is 0 Å². The maximum atomic E-state index is 12.2. The van der Waals surface area contributed by atoms with E-state index in [-0.39, 0.29) is 5.91 Å². The van der Waals surface area contributed by atoms with Crippen molar-refractivity contribution in [3.8, 4) is 11.3 Å². The first-order valence-electron chi connectivity index (χ1n) is 7.38. The van der Waals surface area contributed by atoms with E-state index < -0.39 is 6.04 Å². The Bertz CT molecular complexity index is 817. The molecule has 1 aromatic carbocycles. The third-order valence-electron chi connectivity index (χ3n) is 3.52. The zero-order chi connectivity index (χ0) is 16.9. The maximum Gasteiger partial charge on any atom is 0.242 e. The Balaban J connectivity index is 1.62. The number of nitrogens with two attached hydrogens (primary N) is 1. The molecule has 0 saturated carbocycles. The minimum Gasteiger partial charge on any atom is -0.320 e. The van der Waals surface area contributed by atoms with Gasteiger partial charge in [0.05, 0.1) is 11.7 Å². The third-order valence-corrected chi connectivity index (χ3v) is 3.77. The molecule has 3 aromatic rings. The molecule has 0 radical (unpaired) electrons. The summed E-state index contributed by atoms with van der Waals surface area (Å²) in [5, 5.41) is 10.3. The van der Waals surface area contributed by atoms with Crippen LogP contribution in [-0.4, -0.2) is 27.1 Å². The molecule has 2 aromatic heterocycles. The topological polar surface area (TPSA) is 96.7 Å². The van der Waals surface area contributed by atoms with E-state index in [0.29, 0.717) is 17.3 Å². The molecule has 0 unspecified atom stereocenters. The van der Waals surface area contributed by atoms with E-state index in [2.05, 4.69) is 20.5 Å². The lowest BCUT2D eigenvalue weighted by Crippen LogP contribution is -2.37. The molecule has 122 valence electrons. The summed E-state index contributed by atoms with van der Waals surface area (Å²) in [6.07, 6.45) is 3.79. The quantitative estimate of drug-likeness (QED) is 0.664. The van der Waals surface area contributed by atoms with Crippen LogP contribution in [0.3, 0.4) is 0 Å². The predicted molar refractivity (Wildman–Crippen MR) is 93.6 cm³/mol. The molecule has 7 heteroatoms. The van der Waals surface area contributed by atoms with Gasteiger partial charge in [-0.1, -0.05) is 23.7 Å². The molecule has 0 aliphatic heterocycles. The highest BCUT2D eigenvalue weighted by Gasteiger charge is 2.15. The van der Waals surface area contributed by atoms with Gasteiger partial charge in [0.15, 0.2) is 0 Å². The first kappa shape index (κ1) is 16.2. The summed E-state index contributed by atoms with van der Waals surface area (Å²) in [5.41, 5.74) is 8.54. The Kier molecular flexibility index (Phi) is 4.88. The predicted octanol–water partition coefficient (Wildman–Crippen LogP) is 2.63. The van der Waals surface area contributed by atoms with Crippen molar-refractivity contribution in [3.63, 3.8) is 0 Å². The van der Waals surface area contributed by atoms with Gasteiger partial charge in [-0.2, -0.15) is 5.10 Å². The fraction of sp³-hybridized carbons (Fsp3) is 0.118. The number of aromatic nitrogens is 3. The number of carbonyl (C=O) groups is 1. The zero-order valence-corrected chi connectivity index (χ0v) is 13.5. The molecule has 0 aliphatic rings. The molecule has 6 nitrogen and oxygen atoms in total. The molecular formula is C17H16ClN5O. The minimum atomic E-state index is -0.668. The zero-order valence-electron chi connectivity index (χ0n) is 12.7. The van der Waals surface area contributed by atoms with Crippen LogP contribution in [0.15, 0.2) is 54.9 Å². The van der Waals surface area contributed by atoms with Gasteiger partial charge in [-0.15, -0.1) is 0 Å². The van der Waals surface area contributed by atoms with Gasteiger partial charge in [-0.25, -0.2) is 0 Å². The number of rotatable bonds is 5. The Labute approximate surface area is 144 Å². The molecule has 0 spiro atoms. The molecule has 0 saturated heterocycles. The van der Waals surface area contributed by atoms with Crippen LogP contribution in [0.25, 0.3) is 11.3 Å². The largest absolute Gasteiger partial charge is 0.320 e. The molecule has 3 rings (SSSR count). The summed E-state index contributed by atoms with van der Waals surface area (Å²) in [5.74, 6) is 0.216. The van der Waals surface area contributed by atoms with Gasteiger partial charge in [0.1, 0.15) is 5.82 Å². The summed E-state index contributed by atoms with van der Waals surface area (Å²) >= 11 is 5.85. The van der Waals surface area contributed by atoms with Crippen molar-refractivity contribution in [2.45, 2.75) is 12.5 Å². The van der Waals surface area contributed by atoms with E-state index in [1.807, 2.05) is 24.3 Å². The maximum absolute atomic E-state index is 12.2. The van der Waals surface area contributed by atoms with Gasteiger partial charge in [-0.3, -0.25) is 14.9 Å². The van der Waals surface area contributed by atoms with Crippen molar-refractivity contribution in [3.05, 3.63) is 65.4 Å². The molecule has 0 aliphatic carbocycles. The first-order valence-corrected chi connectivity index (χ1v) is 7.76. The van der Waals surface area contributed by atoms with Crippen molar-refractivity contribution in [2.24, 2.45) is 5.73 Å². The Hall–Kier alpha value is -2.70. The smallest absolute Gasteiger partial charge is 0.242 e. The average Bonchev–Trinajstić information content (AvgIpc) is 3.06. The van der Waals surface area contributed by atoms with Gasteiger partial charge < -0.3 is 11.1 Å². The second kappa shape index (κ2) is 7.25. The lowest BCUT2D eigenvalue weighted by Gasteiger charge is -2.11. The van der Waals surface area contributed by atoms with Crippen LogP contribution < -0.4 is 11.1 Å². The van der Waals surface area contributed by atoms with Crippen LogP contribution in [0.1, 0.15) is 5.56 Å². The number of hydrogen-bond donors (Lipinski definition) is 3. The molecule has 1 amide bonds. The Morgan fingerprint density at radius 2 is 1.92 bits per heavy atom. The number of nitrogens with one attached hydrogen (secondary N) is 2. The van der Waals surface area contributed by atoms with Crippen LogP contribution >= 0.6 is 11.6 Å². The summed E-state index contributed by atoms with van der Waals surface area (Å²) in [7, 11) is 0. The highest BCUT2D eigenvalue weighted by molar-refractivity contribution is 6.30. The van der Waals surface area contributed by atoms with E-state index in [9.17, 15) is 4.79 Å². The van der Waals surface area contributed by atoms with E-state index in [0.717, 1.165) is 16.8 Å². The van der Waals surface area contributed by atoms with Crippen LogP contribution in [-0.2, 0) is 11.2 Å². The van der Waals surface area contributed by atoms with Crippen molar-refractivity contribution in [1.29, 1.82) is 0 Å². The summed E-state index contributed by atoms with van der Waals surface area (Å²) in [6, 6.07) is 12.0. The van der Waals surface area contributed by atoms with Crippen LogP contribution in [0.4, 0.5) is 5.82 Å². The molecule has 2 heterocycles. The van der Waals surface area contributed by atoms with E-state index >= 15 is 0 Å². The monoisotopic (exact) mass is 341 g/mol. The second-order valence-electron chi connectivity index (χ2n) is 5.33. The second-order valence-corrected chi connectivity index (χ2v) is 5.77. The molecule has 0 fully saturated rings. The molecular weight excluding hydrogens is 326 g/mol. The number of benzene rings is 1. The highest BCUT2D eigenvalue weighted by Crippen LogP contribution is 2.18. The van der Waals surface area contributed by atoms with Crippen LogP contribution in [0.5, 0.6) is 0 Å². The molecule has 0 bridgehead atoms. The fourth-order valence-electron chi connectivity index (χ4n) is 2.25. The van der Waals surface area contributed by atoms with Crippen molar-refractivity contribution >= 4 is 23.3 Å². The number of halogens is 1. The number of nitrogens with zero attached hydrogens (tertiary/aromatic N) is 2. The van der Waals surface area contributed by atoms with E-state index in [1.54, 1.807) is 30.6 Å². The Morgan fingerprint density at radius 1 is 1.21 bits per heavy atom. The van der Waals surface area contributed by atoms with Gasteiger partial charge in [0.25, 0.3) is 0 Å². The van der Waals surface area contributed by atoms with E-state index in [4.69, 9.17) is 17.3 Å². The minimum absolute atomic E-state index is 0.283. The van der Waals surface area contributed by atoms with Crippen molar-refractivity contribution < 1.29 is 4.79 Å². The lowest BCUT2D eigenvalue weighted by molar-refractivity contribution is -0.117. The third kappa shape index (κ3) is 3.98.